The summed E-state index contributed by atoms with van der Waals surface area (Å²) >= 11 is 0. The summed E-state index contributed by atoms with van der Waals surface area (Å²) in [4.78, 5) is 13.4. The van der Waals surface area contributed by atoms with Crippen molar-refractivity contribution in [2.24, 2.45) is 34.5 Å². The van der Waals surface area contributed by atoms with Crippen molar-refractivity contribution in [2.45, 2.75) is 136 Å². The minimum Gasteiger partial charge on any atom is -0.298 e. The van der Waals surface area contributed by atoms with Crippen LogP contribution in [0.15, 0.2) is 0 Å². The lowest BCUT2D eigenvalue weighted by molar-refractivity contribution is -0.194. The average Bonchev–Trinajstić information content (AvgIpc) is 2.81. The Balaban J connectivity index is 1.23. The zero-order chi connectivity index (χ0) is 21.2. The minimum atomic E-state index is -0.838. The normalized spacial score (nSPS) is 44.4. The second kappa shape index (κ2) is 9.62. The second-order valence-electron chi connectivity index (χ2n) is 11.8. The van der Waals surface area contributed by atoms with Crippen LogP contribution in [0.5, 0.6) is 0 Å². The predicted molar refractivity (Wildman–Crippen MR) is 123 cm³/mol. The SMILES string of the molecule is CCCCCCC1CCC(C2CCC3(CC2)C(=O)C2(CCC(CC)CC2)[C@H]3F)CC1. The number of unbranched alkanes of at least 4 members (excludes halogenated alkanes) is 3. The van der Waals surface area contributed by atoms with E-state index in [2.05, 4.69) is 13.8 Å². The summed E-state index contributed by atoms with van der Waals surface area (Å²) in [6.45, 7) is 4.53. The molecular weight excluding hydrogens is 371 g/mol. The highest BCUT2D eigenvalue weighted by Gasteiger charge is 2.71. The Labute approximate surface area is 185 Å². The number of halogens is 1. The third-order valence-corrected chi connectivity index (χ3v) is 10.4. The third-order valence-electron chi connectivity index (χ3n) is 10.4. The van der Waals surface area contributed by atoms with Crippen molar-refractivity contribution in [3.63, 3.8) is 0 Å². The summed E-state index contributed by atoms with van der Waals surface area (Å²) in [6, 6.07) is 0. The van der Waals surface area contributed by atoms with E-state index in [1.54, 1.807) is 0 Å². The van der Waals surface area contributed by atoms with Crippen LogP contribution in [0.1, 0.15) is 129 Å². The predicted octanol–water partition coefficient (Wildman–Crippen LogP) is 8.45. The lowest BCUT2D eigenvalue weighted by atomic mass is 9.41. The van der Waals surface area contributed by atoms with Crippen LogP contribution in [0.3, 0.4) is 0 Å². The van der Waals surface area contributed by atoms with Gasteiger partial charge in [0.05, 0.1) is 10.8 Å². The first-order valence-electron chi connectivity index (χ1n) is 13.7. The van der Waals surface area contributed by atoms with E-state index in [9.17, 15) is 4.79 Å². The molecule has 2 heteroatoms. The van der Waals surface area contributed by atoms with E-state index in [1.165, 1.54) is 64.2 Å². The summed E-state index contributed by atoms with van der Waals surface area (Å²) in [6.07, 6.45) is 20.8. The van der Waals surface area contributed by atoms with E-state index in [-0.39, 0.29) is 0 Å². The Kier molecular flexibility index (Phi) is 7.30. The molecule has 4 fully saturated rings. The van der Waals surface area contributed by atoms with Crippen molar-refractivity contribution < 1.29 is 9.18 Å². The van der Waals surface area contributed by atoms with Gasteiger partial charge in [0.2, 0.25) is 0 Å². The van der Waals surface area contributed by atoms with E-state index < -0.39 is 17.0 Å². The minimum absolute atomic E-state index is 0.353. The van der Waals surface area contributed by atoms with Crippen LogP contribution in [0.25, 0.3) is 0 Å². The highest BCUT2D eigenvalue weighted by Crippen LogP contribution is 2.66. The molecule has 4 aliphatic carbocycles. The van der Waals surface area contributed by atoms with Gasteiger partial charge in [-0.1, -0.05) is 65.2 Å². The molecule has 0 aromatic carbocycles. The van der Waals surface area contributed by atoms with E-state index in [0.29, 0.717) is 5.78 Å². The largest absolute Gasteiger partial charge is 0.298 e. The molecule has 0 saturated heterocycles. The Bertz CT molecular complexity index is 559. The van der Waals surface area contributed by atoms with Crippen molar-refractivity contribution >= 4 is 5.78 Å². The van der Waals surface area contributed by atoms with Gasteiger partial charge in [-0.2, -0.15) is 0 Å². The van der Waals surface area contributed by atoms with Gasteiger partial charge in [-0.3, -0.25) is 4.79 Å². The van der Waals surface area contributed by atoms with Crippen LogP contribution < -0.4 is 0 Å². The molecule has 4 rings (SSSR count). The first-order valence-corrected chi connectivity index (χ1v) is 13.7. The molecular formula is C28H47FO. The monoisotopic (exact) mass is 418 g/mol. The van der Waals surface area contributed by atoms with Gasteiger partial charge >= 0.3 is 0 Å². The number of ketones is 1. The summed E-state index contributed by atoms with van der Waals surface area (Å²) < 4.78 is 15.7. The van der Waals surface area contributed by atoms with Gasteiger partial charge < -0.3 is 0 Å². The third kappa shape index (κ3) is 4.03. The van der Waals surface area contributed by atoms with Gasteiger partial charge in [0.15, 0.2) is 5.78 Å². The molecule has 0 bridgehead atoms. The molecule has 2 spiro atoms. The zero-order valence-corrected chi connectivity index (χ0v) is 19.9. The molecule has 30 heavy (non-hydrogen) atoms. The molecule has 172 valence electrons. The number of hydrogen-bond donors (Lipinski definition) is 0. The van der Waals surface area contributed by atoms with E-state index >= 15 is 4.39 Å². The van der Waals surface area contributed by atoms with Crippen molar-refractivity contribution in [1.29, 1.82) is 0 Å². The molecule has 0 aromatic rings. The summed E-state index contributed by atoms with van der Waals surface area (Å²) in [7, 11) is 0. The van der Waals surface area contributed by atoms with Gasteiger partial charge in [-0.05, 0) is 87.9 Å². The zero-order valence-electron chi connectivity index (χ0n) is 19.9. The number of alkyl halides is 1. The second-order valence-corrected chi connectivity index (χ2v) is 11.8. The van der Waals surface area contributed by atoms with Gasteiger partial charge in [-0.15, -0.1) is 0 Å². The molecule has 0 radical (unpaired) electrons. The van der Waals surface area contributed by atoms with Crippen molar-refractivity contribution in [3.8, 4) is 0 Å². The van der Waals surface area contributed by atoms with Crippen molar-refractivity contribution in [1.82, 2.24) is 0 Å². The van der Waals surface area contributed by atoms with Crippen molar-refractivity contribution in [3.05, 3.63) is 0 Å². The Morgan fingerprint density at radius 1 is 0.733 bits per heavy atom. The molecule has 0 amide bonds. The number of rotatable bonds is 7. The Morgan fingerprint density at radius 2 is 1.30 bits per heavy atom. The van der Waals surface area contributed by atoms with Crippen LogP contribution in [0.4, 0.5) is 4.39 Å². The quantitative estimate of drug-likeness (QED) is 0.379. The average molecular weight is 419 g/mol. The maximum absolute atomic E-state index is 15.7. The lowest BCUT2D eigenvalue weighted by Crippen LogP contribution is -2.69. The molecule has 0 heterocycles. The van der Waals surface area contributed by atoms with Crippen LogP contribution >= 0.6 is 0 Å². The standard InChI is InChI=1S/C28H47FO/c1-3-5-6-7-8-22-9-11-23(12-10-22)24-15-19-28(20-16-24)25(29)27(26(28)30)17-13-21(4-2)14-18-27/h21-25H,3-20H2,1-2H3/t21?,22?,23?,24?,25-,27?,28?/m1/s1. The highest BCUT2D eigenvalue weighted by molar-refractivity contribution is 5.98. The van der Waals surface area contributed by atoms with Crippen LogP contribution in [0.2, 0.25) is 0 Å². The molecule has 0 N–H and O–H groups in total. The molecule has 1 nitrogen and oxygen atoms in total. The van der Waals surface area contributed by atoms with E-state index in [1.807, 2.05) is 0 Å². The number of carbonyl (C=O) groups excluding carboxylic acids is 1. The number of hydrogen-bond acceptors (Lipinski definition) is 1. The number of Topliss-reactive ketones (excluding diaryl/α,β-unsaturated/α-hetero) is 1. The molecule has 4 saturated carbocycles. The van der Waals surface area contributed by atoms with Crippen molar-refractivity contribution in [2.75, 3.05) is 0 Å². The molecule has 1 atom stereocenters. The smallest absolute Gasteiger partial charge is 0.151 e. The van der Waals surface area contributed by atoms with E-state index in [4.69, 9.17) is 0 Å². The van der Waals surface area contributed by atoms with Crippen LogP contribution in [-0.4, -0.2) is 12.0 Å². The van der Waals surface area contributed by atoms with Gasteiger partial charge in [-0.25, -0.2) is 4.39 Å². The maximum atomic E-state index is 15.7. The van der Waals surface area contributed by atoms with Gasteiger partial charge in [0, 0.05) is 0 Å². The lowest BCUT2D eigenvalue weighted by Gasteiger charge is -2.61. The highest BCUT2D eigenvalue weighted by atomic mass is 19.1. The molecule has 4 aliphatic rings. The van der Waals surface area contributed by atoms with Crippen LogP contribution in [0, 0.1) is 34.5 Å². The van der Waals surface area contributed by atoms with E-state index in [0.717, 1.165) is 75.0 Å². The number of carbonyl (C=O) groups is 1. The topological polar surface area (TPSA) is 17.1 Å². The molecule has 0 aromatic heterocycles. The van der Waals surface area contributed by atoms with Crippen LogP contribution in [-0.2, 0) is 4.79 Å². The fraction of sp³-hybridized carbons (Fsp3) is 0.964. The fourth-order valence-electron chi connectivity index (χ4n) is 8.17. The maximum Gasteiger partial charge on any atom is 0.151 e. The first kappa shape index (κ1) is 22.8. The summed E-state index contributed by atoms with van der Waals surface area (Å²) in [5.41, 5.74) is -1.12. The summed E-state index contributed by atoms with van der Waals surface area (Å²) in [5, 5.41) is 0. The summed E-state index contributed by atoms with van der Waals surface area (Å²) in [5.74, 6) is 3.67. The Morgan fingerprint density at radius 3 is 1.83 bits per heavy atom. The molecule has 0 aliphatic heterocycles. The Hall–Kier alpha value is -0.400. The molecule has 0 unspecified atom stereocenters. The first-order chi connectivity index (χ1) is 14.6. The fourth-order valence-corrected chi connectivity index (χ4v) is 8.17. The van der Waals surface area contributed by atoms with Gasteiger partial charge in [0.1, 0.15) is 6.17 Å². The van der Waals surface area contributed by atoms with Gasteiger partial charge in [0.25, 0.3) is 0 Å².